The molecule has 0 aliphatic heterocycles. The molecule has 2 aromatic carbocycles. The number of rotatable bonds is 6. The summed E-state index contributed by atoms with van der Waals surface area (Å²) in [6.07, 6.45) is 0. The highest BCUT2D eigenvalue weighted by Gasteiger charge is 2.08. The van der Waals surface area contributed by atoms with Gasteiger partial charge in [0.15, 0.2) is 0 Å². The minimum atomic E-state index is 0.687. The van der Waals surface area contributed by atoms with Crippen molar-refractivity contribution in [3.8, 4) is 0 Å². The van der Waals surface area contributed by atoms with Gasteiger partial charge in [0.1, 0.15) is 0 Å². The van der Waals surface area contributed by atoms with Crippen molar-refractivity contribution >= 4 is 0 Å². The van der Waals surface area contributed by atoms with Gasteiger partial charge in [-0.15, -0.1) is 0 Å². The molecule has 0 amide bonds. The molecule has 0 aliphatic carbocycles. The van der Waals surface area contributed by atoms with E-state index in [1.54, 1.807) is 0 Å². The van der Waals surface area contributed by atoms with Crippen molar-refractivity contribution in [2.45, 2.75) is 26.9 Å². The van der Waals surface area contributed by atoms with Gasteiger partial charge in [0.2, 0.25) is 0 Å². The van der Waals surface area contributed by atoms with Crippen molar-refractivity contribution in [3.63, 3.8) is 0 Å². The summed E-state index contributed by atoms with van der Waals surface area (Å²) in [7, 11) is 0. The maximum Gasteiger partial charge on any atom is 0.0237 e. The Kier molecular flexibility index (Phi) is 5.17. The summed E-state index contributed by atoms with van der Waals surface area (Å²) >= 11 is 0. The molecule has 0 unspecified atom stereocenters. The minimum absolute atomic E-state index is 0.687. The molecule has 0 aromatic heterocycles. The first-order valence-corrected chi connectivity index (χ1v) is 7.04. The second-order valence-electron chi connectivity index (χ2n) is 5.53. The fourth-order valence-corrected chi connectivity index (χ4v) is 2.38. The number of hydrogen-bond donors (Lipinski definition) is 0. The number of hydrogen-bond acceptors (Lipinski definition) is 1. The molecule has 0 N–H and O–H groups in total. The smallest absolute Gasteiger partial charge is 0.0237 e. The second-order valence-corrected chi connectivity index (χ2v) is 5.53. The lowest BCUT2D eigenvalue weighted by Crippen LogP contribution is -2.26. The fraction of sp³-hybridized carbons (Fsp3) is 0.333. The quantitative estimate of drug-likeness (QED) is 0.740. The molecule has 0 spiro atoms. The van der Waals surface area contributed by atoms with E-state index in [-0.39, 0.29) is 0 Å². The summed E-state index contributed by atoms with van der Waals surface area (Å²) in [5.74, 6) is 0.687. The maximum atomic E-state index is 2.52. The van der Waals surface area contributed by atoms with E-state index < -0.39 is 0 Å². The summed E-state index contributed by atoms with van der Waals surface area (Å²) in [6.45, 7) is 7.73. The van der Waals surface area contributed by atoms with Crippen LogP contribution in [0.4, 0.5) is 0 Å². The van der Waals surface area contributed by atoms with Gasteiger partial charge in [-0.2, -0.15) is 0 Å². The van der Waals surface area contributed by atoms with E-state index >= 15 is 0 Å². The first-order valence-electron chi connectivity index (χ1n) is 7.04. The molecule has 0 radical (unpaired) electrons. The van der Waals surface area contributed by atoms with Crippen molar-refractivity contribution < 1.29 is 0 Å². The predicted molar refractivity (Wildman–Crippen MR) is 81.8 cm³/mol. The molecular weight excluding hydrogens is 230 g/mol. The minimum Gasteiger partial charge on any atom is -0.295 e. The Morgan fingerprint density at radius 1 is 0.737 bits per heavy atom. The first kappa shape index (κ1) is 13.8. The van der Waals surface area contributed by atoms with E-state index in [0.29, 0.717) is 5.92 Å². The summed E-state index contributed by atoms with van der Waals surface area (Å²) in [6, 6.07) is 21.4. The molecule has 1 heteroatoms. The van der Waals surface area contributed by atoms with E-state index in [2.05, 4.69) is 79.4 Å². The molecule has 0 heterocycles. The molecule has 0 fully saturated rings. The van der Waals surface area contributed by atoms with Gasteiger partial charge in [-0.25, -0.2) is 0 Å². The number of nitrogens with zero attached hydrogens (tertiary/aromatic N) is 1. The standard InChI is InChI=1S/C18H23N/c1-16(2)13-19(14-17-9-5-3-6-10-17)15-18-11-7-4-8-12-18/h3-12,16H,13-15H2,1-2H3. The van der Waals surface area contributed by atoms with Crippen LogP contribution in [0.3, 0.4) is 0 Å². The summed E-state index contributed by atoms with van der Waals surface area (Å²) < 4.78 is 0. The van der Waals surface area contributed by atoms with Crippen LogP contribution >= 0.6 is 0 Å². The normalized spacial score (nSPS) is 11.2. The molecule has 2 rings (SSSR count). The van der Waals surface area contributed by atoms with Crippen LogP contribution < -0.4 is 0 Å². The van der Waals surface area contributed by atoms with Gasteiger partial charge in [0.25, 0.3) is 0 Å². The monoisotopic (exact) mass is 253 g/mol. The average molecular weight is 253 g/mol. The van der Waals surface area contributed by atoms with Gasteiger partial charge in [0, 0.05) is 19.6 Å². The van der Waals surface area contributed by atoms with Crippen LogP contribution in [0.2, 0.25) is 0 Å². The molecule has 2 aromatic rings. The molecule has 0 saturated carbocycles. The van der Waals surface area contributed by atoms with Gasteiger partial charge in [0.05, 0.1) is 0 Å². The topological polar surface area (TPSA) is 3.24 Å². The highest BCUT2D eigenvalue weighted by atomic mass is 15.1. The van der Waals surface area contributed by atoms with E-state index in [1.807, 2.05) is 0 Å². The van der Waals surface area contributed by atoms with Crippen LogP contribution in [0, 0.1) is 5.92 Å². The molecular formula is C18H23N. The summed E-state index contributed by atoms with van der Waals surface area (Å²) in [5.41, 5.74) is 2.78. The van der Waals surface area contributed by atoms with Crippen LogP contribution in [0.5, 0.6) is 0 Å². The zero-order valence-corrected chi connectivity index (χ0v) is 11.9. The Hall–Kier alpha value is -1.60. The Balaban J connectivity index is 2.03. The lowest BCUT2D eigenvalue weighted by atomic mass is 10.1. The average Bonchev–Trinajstić information content (AvgIpc) is 2.40. The largest absolute Gasteiger partial charge is 0.295 e. The SMILES string of the molecule is CC(C)CN(Cc1ccccc1)Cc1ccccc1. The zero-order chi connectivity index (χ0) is 13.5. The van der Waals surface area contributed by atoms with Gasteiger partial charge in [-0.3, -0.25) is 4.90 Å². The van der Waals surface area contributed by atoms with Crippen LogP contribution in [0.1, 0.15) is 25.0 Å². The molecule has 0 aliphatic rings. The lowest BCUT2D eigenvalue weighted by molar-refractivity contribution is 0.227. The van der Waals surface area contributed by atoms with Crippen molar-refractivity contribution in [3.05, 3.63) is 71.8 Å². The van der Waals surface area contributed by atoms with Gasteiger partial charge in [-0.05, 0) is 17.0 Å². The molecule has 0 bridgehead atoms. The maximum absolute atomic E-state index is 2.52. The predicted octanol–water partition coefficient (Wildman–Crippen LogP) is 4.34. The highest BCUT2D eigenvalue weighted by molar-refractivity contribution is 5.17. The van der Waals surface area contributed by atoms with E-state index in [1.165, 1.54) is 11.1 Å². The molecule has 19 heavy (non-hydrogen) atoms. The highest BCUT2D eigenvalue weighted by Crippen LogP contribution is 2.12. The van der Waals surface area contributed by atoms with Crippen molar-refractivity contribution in [1.82, 2.24) is 4.90 Å². The third-order valence-corrected chi connectivity index (χ3v) is 3.12. The second kappa shape index (κ2) is 7.10. The van der Waals surface area contributed by atoms with Crippen molar-refractivity contribution in [2.24, 2.45) is 5.92 Å². The summed E-state index contributed by atoms with van der Waals surface area (Å²) in [5, 5.41) is 0. The molecule has 100 valence electrons. The molecule has 0 atom stereocenters. The Labute approximate surface area is 116 Å². The lowest BCUT2D eigenvalue weighted by Gasteiger charge is -2.24. The van der Waals surface area contributed by atoms with Crippen LogP contribution in [-0.2, 0) is 13.1 Å². The van der Waals surface area contributed by atoms with Crippen molar-refractivity contribution in [1.29, 1.82) is 0 Å². The van der Waals surface area contributed by atoms with Gasteiger partial charge in [-0.1, -0.05) is 74.5 Å². The fourth-order valence-electron chi connectivity index (χ4n) is 2.38. The summed E-state index contributed by atoms with van der Waals surface area (Å²) in [4.78, 5) is 2.52. The Morgan fingerprint density at radius 3 is 1.53 bits per heavy atom. The Bertz CT molecular complexity index is 420. The van der Waals surface area contributed by atoms with E-state index in [9.17, 15) is 0 Å². The molecule has 1 nitrogen and oxygen atoms in total. The van der Waals surface area contributed by atoms with E-state index in [0.717, 1.165) is 19.6 Å². The van der Waals surface area contributed by atoms with Crippen LogP contribution in [0.25, 0.3) is 0 Å². The third kappa shape index (κ3) is 4.88. The van der Waals surface area contributed by atoms with E-state index in [4.69, 9.17) is 0 Å². The first-order chi connectivity index (χ1) is 9.24. The van der Waals surface area contributed by atoms with Gasteiger partial charge >= 0.3 is 0 Å². The van der Waals surface area contributed by atoms with Gasteiger partial charge < -0.3 is 0 Å². The zero-order valence-electron chi connectivity index (χ0n) is 11.9. The third-order valence-electron chi connectivity index (χ3n) is 3.12. The molecule has 0 saturated heterocycles. The number of benzene rings is 2. The van der Waals surface area contributed by atoms with Crippen molar-refractivity contribution in [2.75, 3.05) is 6.54 Å². The van der Waals surface area contributed by atoms with Crippen LogP contribution in [0.15, 0.2) is 60.7 Å². The van der Waals surface area contributed by atoms with Crippen LogP contribution in [-0.4, -0.2) is 11.4 Å². The Morgan fingerprint density at radius 2 is 1.16 bits per heavy atom.